The summed E-state index contributed by atoms with van der Waals surface area (Å²) in [5.41, 5.74) is 0. The van der Waals surface area contributed by atoms with Crippen molar-refractivity contribution in [3.05, 3.63) is 0 Å². The predicted octanol–water partition coefficient (Wildman–Crippen LogP) is 1.82. The SMILES string of the molecule is CC1CC2CC2N1I. The smallest absolute Gasteiger partial charge is 0.0229 e. The number of halogens is 1. The zero-order valence-corrected chi connectivity index (χ0v) is 7.13. The van der Waals surface area contributed by atoms with E-state index in [9.17, 15) is 0 Å². The van der Waals surface area contributed by atoms with E-state index >= 15 is 0 Å². The minimum Gasteiger partial charge on any atom is -0.241 e. The van der Waals surface area contributed by atoms with E-state index in [4.69, 9.17) is 0 Å². The minimum absolute atomic E-state index is 0.861. The van der Waals surface area contributed by atoms with Gasteiger partial charge in [-0.25, -0.2) is 3.11 Å². The lowest BCUT2D eigenvalue weighted by atomic mass is 10.2. The van der Waals surface area contributed by atoms with Crippen molar-refractivity contribution in [3.8, 4) is 0 Å². The molecule has 3 unspecified atom stereocenters. The molecule has 1 saturated carbocycles. The van der Waals surface area contributed by atoms with Crippen LogP contribution in [0.5, 0.6) is 0 Å². The van der Waals surface area contributed by atoms with Crippen LogP contribution in [0.15, 0.2) is 0 Å². The van der Waals surface area contributed by atoms with Gasteiger partial charge in [-0.05, 0) is 25.7 Å². The molecule has 0 aromatic carbocycles. The molecule has 2 fully saturated rings. The third kappa shape index (κ3) is 0.620. The fourth-order valence-corrected chi connectivity index (χ4v) is 2.56. The van der Waals surface area contributed by atoms with Gasteiger partial charge >= 0.3 is 0 Å². The second-order valence-electron chi connectivity index (χ2n) is 2.99. The lowest BCUT2D eigenvalue weighted by molar-refractivity contribution is 0.443. The highest BCUT2D eigenvalue weighted by Gasteiger charge is 2.49. The van der Waals surface area contributed by atoms with Crippen LogP contribution in [-0.2, 0) is 0 Å². The van der Waals surface area contributed by atoms with E-state index < -0.39 is 0 Å². The van der Waals surface area contributed by atoms with E-state index in [2.05, 4.69) is 32.9 Å². The number of hydrogen-bond donors (Lipinski definition) is 0. The van der Waals surface area contributed by atoms with Crippen LogP contribution in [0.25, 0.3) is 0 Å². The van der Waals surface area contributed by atoms with Crippen molar-refractivity contribution in [3.63, 3.8) is 0 Å². The number of piperidine rings is 1. The van der Waals surface area contributed by atoms with Crippen molar-refractivity contribution in [1.29, 1.82) is 0 Å². The third-order valence-corrected chi connectivity index (χ3v) is 3.93. The number of fused-ring (bicyclic) bond motifs is 1. The summed E-state index contributed by atoms with van der Waals surface area (Å²) in [6, 6.07) is 1.84. The molecule has 0 spiro atoms. The van der Waals surface area contributed by atoms with Gasteiger partial charge in [0.1, 0.15) is 0 Å². The third-order valence-electron chi connectivity index (χ3n) is 2.27. The Balaban J connectivity index is 2.08. The van der Waals surface area contributed by atoms with Gasteiger partial charge in [0.15, 0.2) is 0 Å². The summed E-state index contributed by atoms with van der Waals surface area (Å²) in [5, 5.41) is 0. The predicted molar refractivity (Wildman–Crippen MR) is 41.8 cm³/mol. The molecule has 1 aliphatic heterocycles. The molecule has 0 amide bonds. The summed E-state index contributed by atoms with van der Waals surface area (Å²) in [6.07, 6.45) is 2.93. The largest absolute Gasteiger partial charge is 0.241 e. The van der Waals surface area contributed by atoms with E-state index in [0.29, 0.717) is 0 Å². The molecular formula is C6H10IN. The van der Waals surface area contributed by atoms with E-state index in [1.54, 1.807) is 0 Å². The van der Waals surface area contributed by atoms with Gasteiger partial charge in [0.25, 0.3) is 0 Å². The van der Waals surface area contributed by atoms with E-state index in [1.165, 1.54) is 12.8 Å². The average molecular weight is 223 g/mol. The first-order chi connectivity index (χ1) is 3.79. The van der Waals surface area contributed by atoms with Crippen LogP contribution in [0.4, 0.5) is 0 Å². The van der Waals surface area contributed by atoms with Crippen LogP contribution < -0.4 is 0 Å². The molecule has 1 saturated heterocycles. The van der Waals surface area contributed by atoms with Gasteiger partial charge in [-0.1, -0.05) is 0 Å². The zero-order chi connectivity index (χ0) is 5.72. The Morgan fingerprint density at radius 1 is 1.50 bits per heavy atom. The second kappa shape index (κ2) is 1.59. The molecule has 0 N–H and O–H groups in total. The number of hydrogen-bond acceptors (Lipinski definition) is 1. The zero-order valence-electron chi connectivity index (χ0n) is 4.97. The standard InChI is InChI=1S/C6H10IN/c1-4-2-5-3-6(5)8(4)7/h4-6H,2-3H2,1H3. The maximum atomic E-state index is 2.49. The molecule has 0 aromatic heterocycles. The summed E-state index contributed by atoms with van der Waals surface area (Å²) >= 11 is 2.46. The summed E-state index contributed by atoms with van der Waals surface area (Å²) < 4.78 is 2.49. The molecule has 3 atom stereocenters. The summed E-state index contributed by atoms with van der Waals surface area (Å²) in [6.45, 7) is 2.32. The highest BCUT2D eigenvalue weighted by atomic mass is 127. The van der Waals surface area contributed by atoms with Crippen LogP contribution in [0.1, 0.15) is 19.8 Å². The van der Waals surface area contributed by atoms with Crippen molar-refractivity contribution < 1.29 is 0 Å². The number of nitrogens with zero attached hydrogens (tertiary/aromatic N) is 1. The lowest BCUT2D eigenvalue weighted by Gasteiger charge is -2.14. The van der Waals surface area contributed by atoms with Crippen molar-refractivity contribution in [2.24, 2.45) is 5.92 Å². The van der Waals surface area contributed by atoms with Gasteiger partial charge in [-0.15, -0.1) is 0 Å². The highest BCUT2D eigenvalue weighted by molar-refractivity contribution is 14.1. The fourth-order valence-electron chi connectivity index (χ4n) is 1.65. The summed E-state index contributed by atoms with van der Waals surface area (Å²) in [7, 11) is 0. The molecule has 0 aromatic rings. The molecular weight excluding hydrogens is 213 g/mol. The normalized spacial score (nSPS) is 54.0. The monoisotopic (exact) mass is 223 g/mol. The maximum Gasteiger partial charge on any atom is 0.0229 e. The van der Waals surface area contributed by atoms with Crippen molar-refractivity contribution in [2.45, 2.75) is 31.8 Å². The van der Waals surface area contributed by atoms with E-state index in [0.717, 1.165) is 18.0 Å². The van der Waals surface area contributed by atoms with Crippen molar-refractivity contribution in [1.82, 2.24) is 3.11 Å². The first-order valence-corrected chi connectivity index (χ1v) is 4.19. The van der Waals surface area contributed by atoms with Crippen LogP contribution >= 0.6 is 22.9 Å². The fraction of sp³-hybridized carbons (Fsp3) is 1.00. The van der Waals surface area contributed by atoms with Gasteiger partial charge in [0, 0.05) is 34.9 Å². The van der Waals surface area contributed by atoms with Gasteiger partial charge in [0.05, 0.1) is 0 Å². The van der Waals surface area contributed by atoms with Gasteiger partial charge in [-0.3, -0.25) is 0 Å². The second-order valence-corrected chi connectivity index (χ2v) is 4.11. The maximum absolute atomic E-state index is 2.49. The average Bonchev–Trinajstić information content (AvgIpc) is 2.39. The topological polar surface area (TPSA) is 3.24 Å². The van der Waals surface area contributed by atoms with Gasteiger partial charge in [-0.2, -0.15) is 0 Å². The van der Waals surface area contributed by atoms with Crippen LogP contribution in [-0.4, -0.2) is 15.2 Å². The minimum atomic E-state index is 0.861. The Labute approximate surface area is 63.9 Å². The van der Waals surface area contributed by atoms with E-state index in [1.807, 2.05) is 0 Å². The molecule has 8 heavy (non-hydrogen) atoms. The number of rotatable bonds is 0. The first kappa shape index (κ1) is 5.47. The Hall–Kier alpha value is 0.690. The molecule has 0 radical (unpaired) electrons. The molecule has 2 rings (SSSR count). The van der Waals surface area contributed by atoms with Crippen LogP contribution in [0.3, 0.4) is 0 Å². The Morgan fingerprint density at radius 2 is 2.25 bits per heavy atom. The Bertz CT molecular complexity index is 113. The molecule has 1 heterocycles. The molecule has 2 aliphatic rings. The van der Waals surface area contributed by atoms with E-state index in [-0.39, 0.29) is 0 Å². The first-order valence-electron chi connectivity index (χ1n) is 3.23. The Kier molecular flexibility index (Phi) is 1.09. The lowest BCUT2D eigenvalue weighted by Crippen LogP contribution is -2.18. The molecule has 1 aliphatic carbocycles. The quantitative estimate of drug-likeness (QED) is 0.447. The molecule has 2 heteroatoms. The van der Waals surface area contributed by atoms with Crippen molar-refractivity contribution >= 4 is 22.9 Å². The molecule has 1 nitrogen and oxygen atoms in total. The summed E-state index contributed by atoms with van der Waals surface area (Å²) in [5.74, 6) is 1.09. The highest BCUT2D eigenvalue weighted by Crippen LogP contribution is 2.49. The van der Waals surface area contributed by atoms with Crippen LogP contribution in [0, 0.1) is 5.92 Å². The van der Waals surface area contributed by atoms with Gasteiger partial charge < -0.3 is 0 Å². The van der Waals surface area contributed by atoms with Crippen LogP contribution in [0.2, 0.25) is 0 Å². The van der Waals surface area contributed by atoms with Crippen molar-refractivity contribution in [2.75, 3.05) is 0 Å². The molecule has 0 bridgehead atoms. The summed E-state index contributed by atoms with van der Waals surface area (Å²) in [4.78, 5) is 0. The molecule has 46 valence electrons. The van der Waals surface area contributed by atoms with Gasteiger partial charge in [0.2, 0.25) is 0 Å². The Morgan fingerprint density at radius 3 is 2.50 bits per heavy atom.